The van der Waals surface area contributed by atoms with Crippen LogP contribution in [0.15, 0.2) is 41.3 Å². The largest absolute Gasteiger partial charge is 0.341 e. The Bertz CT molecular complexity index is 576. The van der Waals surface area contributed by atoms with Gasteiger partial charge in [0.25, 0.3) is 5.91 Å². The van der Waals surface area contributed by atoms with Crippen LogP contribution in [-0.4, -0.2) is 15.9 Å². The first-order chi connectivity index (χ1) is 8.70. The Morgan fingerprint density at radius 1 is 1.44 bits per heavy atom. The SMILES string of the molecule is O=C(NC1(c2cccc(Br)c2)CC1)c1cnc[nH]1. The van der Waals surface area contributed by atoms with E-state index in [9.17, 15) is 4.79 Å². The van der Waals surface area contributed by atoms with Crippen LogP contribution in [0, 0.1) is 0 Å². The van der Waals surface area contributed by atoms with E-state index in [0.29, 0.717) is 5.69 Å². The van der Waals surface area contributed by atoms with Crippen molar-refractivity contribution in [2.24, 2.45) is 0 Å². The van der Waals surface area contributed by atoms with E-state index >= 15 is 0 Å². The summed E-state index contributed by atoms with van der Waals surface area (Å²) in [4.78, 5) is 18.7. The smallest absolute Gasteiger partial charge is 0.270 e. The molecular formula is C13H12BrN3O. The summed E-state index contributed by atoms with van der Waals surface area (Å²) in [5.41, 5.74) is 1.44. The molecule has 1 heterocycles. The van der Waals surface area contributed by atoms with E-state index in [1.165, 1.54) is 12.5 Å². The minimum Gasteiger partial charge on any atom is -0.341 e. The number of amides is 1. The van der Waals surface area contributed by atoms with Gasteiger partial charge >= 0.3 is 0 Å². The van der Waals surface area contributed by atoms with Gasteiger partial charge < -0.3 is 10.3 Å². The molecular weight excluding hydrogens is 294 g/mol. The number of aromatic amines is 1. The maximum absolute atomic E-state index is 12.0. The van der Waals surface area contributed by atoms with Crippen LogP contribution in [0.25, 0.3) is 0 Å². The standard InChI is InChI=1S/C13H12BrN3O/c14-10-3-1-2-9(6-10)13(4-5-13)17-12(18)11-7-15-8-16-11/h1-3,6-8H,4-5H2,(H,15,16)(H,17,18). The first-order valence-electron chi connectivity index (χ1n) is 5.77. The summed E-state index contributed by atoms with van der Waals surface area (Å²) < 4.78 is 1.03. The molecule has 1 aliphatic carbocycles. The third-order valence-electron chi connectivity index (χ3n) is 3.22. The van der Waals surface area contributed by atoms with Gasteiger partial charge in [-0.25, -0.2) is 4.98 Å². The van der Waals surface area contributed by atoms with Gasteiger partial charge in [-0.05, 0) is 30.5 Å². The lowest BCUT2D eigenvalue weighted by atomic mass is 10.0. The molecule has 0 radical (unpaired) electrons. The fourth-order valence-electron chi connectivity index (χ4n) is 2.06. The number of hydrogen-bond donors (Lipinski definition) is 2. The Balaban J connectivity index is 1.82. The van der Waals surface area contributed by atoms with Crippen molar-refractivity contribution in [3.63, 3.8) is 0 Å². The highest BCUT2D eigenvalue weighted by atomic mass is 79.9. The summed E-state index contributed by atoms with van der Waals surface area (Å²) in [6.07, 6.45) is 4.99. The lowest BCUT2D eigenvalue weighted by Crippen LogP contribution is -2.35. The Labute approximate surface area is 113 Å². The third kappa shape index (κ3) is 2.06. The second-order valence-electron chi connectivity index (χ2n) is 4.51. The van der Waals surface area contributed by atoms with Gasteiger partial charge in [0.15, 0.2) is 0 Å². The average Bonchev–Trinajstić information content (AvgIpc) is 2.93. The molecule has 3 rings (SSSR count). The third-order valence-corrected chi connectivity index (χ3v) is 3.72. The summed E-state index contributed by atoms with van der Waals surface area (Å²) in [5, 5.41) is 3.08. The van der Waals surface area contributed by atoms with E-state index in [1.807, 2.05) is 18.2 Å². The summed E-state index contributed by atoms with van der Waals surface area (Å²) in [7, 11) is 0. The first-order valence-corrected chi connectivity index (χ1v) is 6.56. The highest BCUT2D eigenvalue weighted by Gasteiger charge is 2.45. The molecule has 0 spiro atoms. The first kappa shape index (κ1) is 11.5. The van der Waals surface area contributed by atoms with Crippen molar-refractivity contribution in [3.05, 3.63) is 52.5 Å². The van der Waals surface area contributed by atoms with Crippen LogP contribution < -0.4 is 5.32 Å². The van der Waals surface area contributed by atoms with Crippen LogP contribution in [0.5, 0.6) is 0 Å². The van der Waals surface area contributed by atoms with E-state index < -0.39 is 0 Å². The Morgan fingerprint density at radius 2 is 2.28 bits per heavy atom. The number of hydrogen-bond acceptors (Lipinski definition) is 2. The van der Waals surface area contributed by atoms with Crippen LogP contribution in [0.4, 0.5) is 0 Å². The molecule has 1 amide bonds. The second-order valence-corrected chi connectivity index (χ2v) is 5.43. The molecule has 0 bridgehead atoms. The summed E-state index contributed by atoms with van der Waals surface area (Å²) in [6.45, 7) is 0. The number of benzene rings is 1. The Hall–Kier alpha value is -1.62. The van der Waals surface area contributed by atoms with Gasteiger partial charge in [0.2, 0.25) is 0 Å². The van der Waals surface area contributed by atoms with E-state index in [-0.39, 0.29) is 11.4 Å². The van der Waals surface area contributed by atoms with Crippen LogP contribution in [0.1, 0.15) is 28.9 Å². The molecule has 1 aromatic heterocycles. The van der Waals surface area contributed by atoms with Gasteiger partial charge in [-0.2, -0.15) is 0 Å². The number of nitrogens with zero attached hydrogens (tertiary/aromatic N) is 1. The van der Waals surface area contributed by atoms with Crippen LogP contribution in [-0.2, 0) is 5.54 Å². The zero-order valence-electron chi connectivity index (χ0n) is 9.61. The van der Waals surface area contributed by atoms with E-state index in [4.69, 9.17) is 0 Å². The van der Waals surface area contributed by atoms with Crippen molar-refractivity contribution < 1.29 is 4.79 Å². The monoisotopic (exact) mass is 305 g/mol. The molecule has 1 aliphatic rings. The molecule has 18 heavy (non-hydrogen) atoms. The van der Waals surface area contributed by atoms with E-state index in [1.54, 1.807) is 0 Å². The molecule has 1 saturated carbocycles. The van der Waals surface area contributed by atoms with Gasteiger partial charge in [-0.3, -0.25) is 4.79 Å². The number of carbonyl (C=O) groups is 1. The fourth-order valence-corrected chi connectivity index (χ4v) is 2.46. The molecule has 0 aliphatic heterocycles. The summed E-state index contributed by atoms with van der Waals surface area (Å²) in [6, 6.07) is 8.07. The zero-order chi connectivity index (χ0) is 12.6. The number of carbonyl (C=O) groups excluding carboxylic acids is 1. The van der Waals surface area contributed by atoms with Crippen LogP contribution in [0.3, 0.4) is 0 Å². The fraction of sp³-hybridized carbons (Fsp3) is 0.231. The number of halogens is 1. The topological polar surface area (TPSA) is 57.8 Å². The predicted molar refractivity (Wildman–Crippen MR) is 71.1 cm³/mol. The van der Waals surface area contributed by atoms with Crippen LogP contribution in [0.2, 0.25) is 0 Å². The molecule has 4 nitrogen and oxygen atoms in total. The quantitative estimate of drug-likeness (QED) is 0.916. The molecule has 0 atom stereocenters. The lowest BCUT2D eigenvalue weighted by Gasteiger charge is -2.17. The molecule has 5 heteroatoms. The number of rotatable bonds is 3. The maximum Gasteiger partial charge on any atom is 0.270 e. The maximum atomic E-state index is 12.0. The van der Waals surface area contributed by atoms with Crippen molar-refractivity contribution in [2.75, 3.05) is 0 Å². The molecule has 0 saturated heterocycles. The number of nitrogens with one attached hydrogen (secondary N) is 2. The molecule has 1 aromatic carbocycles. The van der Waals surface area contributed by atoms with Crippen molar-refractivity contribution in [1.29, 1.82) is 0 Å². The summed E-state index contributed by atoms with van der Waals surface area (Å²) in [5.74, 6) is -0.107. The normalized spacial score (nSPS) is 16.3. The molecule has 0 unspecified atom stereocenters. The van der Waals surface area contributed by atoms with Crippen molar-refractivity contribution in [2.45, 2.75) is 18.4 Å². The summed E-state index contributed by atoms with van der Waals surface area (Å²) >= 11 is 3.46. The average molecular weight is 306 g/mol. The van der Waals surface area contributed by atoms with E-state index in [0.717, 1.165) is 22.9 Å². The number of H-pyrrole nitrogens is 1. The van der Waals surface area contributed by atoms with Gasteiger partial charge in [0.1, 0.15) is 5.69 Å². The Kier molecular flexibility index (Phi) is 2.70. The highest BCUT2D eigenvalue weighted by Crippen LogP contribution is 2.46. The Morgan fingerprint density at radius 3 is 2.89 bits per heavy atom. The van der Waals surface area contributed by atoms with Gasteiger partial charge in [0, 0.05) is 4.47 Å². The molecule has 92 valence electrons. The van der Waals surface area contributed by atoms with Crippen molar-refractivity contribution >= 4 is 21.8 Å². The minimum absolute atomic E-state index is 0.107. The minimum atomic E-state index is -0.202. The molecule has 2 aromatic rings. The van der Waals surface area contributed by atoms with Gasteiger partial charge in [-0.15, -0.1) is 0 Å². The predicted octanol–water partition coefficient (Wildman–Crippen LogP) is 2.59. The van der Waals surface area contributed by atoms with Crippen molar-refractivity contribution in [1.82, 2.24) is 15.3 Å². The second kappa shape index (κ2) is 4.24. The van der Waals surface area contributed by atoms with Gasteiger partial charge in [-0.1, -0.05) is 28.1 Å². The van der Waals surface area contributed by atoms with Crippen LogP contribution >= 0.6 is 15.9 Å². The van der Waals surface area contributed by atoms with Gasteiger partial charge in [0.05, 0.1) is 18.1 Å². The molecule has 2 N–H and O–H groups in total. The highest BCUT2D eigenvalue weighted by molar-refractivity contribution is 9.10. The molecule has 1 fully saturated rings. The number of imidazole rings is 1. The van der Waals surface area contributed by atoms with Crippen molar-refractivity contribution in [3.8, 4) is 0 Å². The number of aromatic nitrogens is 2. The zero-order valence-corrected chi connectivity index (χ0v) is 11.2. The van der Waals surface area contributed by atoms with E-state index in [2.05, 4.69) is 37.3 Å². The lowest BCUT2D eigenvalue weighted by molar-refractivity contribution is 0.0926.